The van der Waals surface area contributed by atoms with Gasteiger partial charge in [-0.25, -0.2) is 8.78 Å². The van der Waals surface area contributed by atoms with E-state index in [0.29, 0.717) is 6.54 Å². The molecule has 4 nitrogen and oxygen atoms in total. The Hall–Kier alpha value is -3.03. The van der Waals surface area contributed by atoms with Gasteiger partial charge in [-0.3, -0.25) is 14.8 Å². The molecule has 0 radical (unpaired) electrons. The summed E-state index contributed by atoms with van der Waals surface area (Å²) in [5, 5.41) is 7.24. The van der Waals surface area contributed by atoms with E-state index in [1.165, 1.54) is 6.07 Å². The van der Waals surface area contributed by atoms with Crippen LogP contribution >= 0.6 is 11.9 Å². The van der Waals surface area contributed by atoms with E-state index in [2.05, 4.69) is 19.9 Å². The average Bonchev–Trinajstić information content (AvgIpc) is 3.21. The molecule has 4 aromatic rings. The van der Waals surface area contributed by atoms with Crippen molar-refractivity contribution in [3.63, 3.8) is 0 Å². The molecule has 140 valence electrons. The van der Waals surface area contributed by atoms with E-state index < -0.39 is 11.6 Å². The molecular weight excluding hydrogens is 378 g/mol. The number of benzene rings is 2. The number of rotatable bonds is 6. The maximum atomic E-state index is 13.7. The number of hydrogen-bond donors (Lipinski definition) is 2. The Balaban J connectivity index is 1.50. The van der Waals surface area contributed by atoms with E-state index in [4.69, 9.17) is 0 Å². The summed E-state index contributed by atoms with van der Waals surface area (Å²) in [5.41, 5.74) is 4.93. The fourth-order valence-corrected chi connectivity index (χ4v) is 3.58. The summed E-state index contributed by atoms with van der Waals surface area (Å²) < 4.78 is 30.1. The molecule has 0 saturated carbocycles. The zero-order valence-electron chi connectivity index (χ0n) is 14.7. The number of aromatic amines is 1. The van der Waals surface area contributed by atoms with E-state index in [9.17, 15) is 8.78 Å². The van der Waals surface area contributed by atoms with Crippen molar-refractivity contribution >= 4 is 11.9 Å². The lowest BCUT2D eigenvalue weighted by atomic mass is 10.0. The van der Waals surface area contributed by atoms with Gasteiger partial charge in [-0.2, -0.15) is 5.10 Å². The Kier molecular flexibility index (Phi) is 5.45. The molecule has 0 bridgehead atoms. The largest absolute Gasteiger partial charge is 0.277 e. The van der Waals surface area contributed by atoms with Crippen LogP contribution in [0.3, 0.4) is 0 Å². The van der Waals surface area contributed by atoms with Crippen LogP contribution in [0, 0.1) is 11.6 Å². The maximum Gasteiger partial charge on any atom is 0.138 e. The van der Waals surface area contributed by atoms with Gasteiger partial charge < -0.3 is 0 Å². The molecule has 0 unspecified atom stereocenters. The highest BCUT2D eigenvalue weighted by molar-refractivity contribution is 7.97. The normalized spacial score (nSPS) is 10.9. The van der Waals surface area contributed by atoms with Gasteiger partial charge in [-0.05, 0) is 59.5 Å². The molecule has 4 rings (SSSR count). The van der Waals surface area contributed by atoms with Gasteiger partial charge in [0.1, 0.15) is 11.6 Å². The molecule has 0 aliphatic carbocycles. The standard InChI is InChI=1S/C21H16F2N4S/c22-17-4-5-19(23)20(11-17)28-26-12-14-2-1-3-16(10-14)21-18(13-25-27-21)15-6-8-24-9-7-15/h1-11,13,26H,12H2,(H,25,27). The highest BCUT2D eigenvalue weighted by Gasteiger charge is 2.10. The van der Waals surface area contributed by atoms with E-state index >= 15 is 0 Å². The van der Waals surface area contributed by atoms with Crippen LogP contribution in [0.4, 0.5) is 8.78 Å². The van der Waals surface area contributed by atoms with Crippen molar-refractivity contribution in [1.29, 1.82) is 0 Å². The van der Waals surface area contributed by atoms with Crippen molar-refractivity contribution in [2.45, 2.75) is 11.4 Å². The SMILES string of the molecule is Fc1ccc(F)c(SNCc2cccc(-c3[nH]ncc3-c3ccncc3)c2)c1. The predicted octanol–water partition coefficient (Wildman–Crippen LogP) is 5.21. The van der Waals surface area contributed by atoms with Gasteiger partial charge >= 0.3 is 0 Å². The molecule has 0 fully saturated rings. The topological polar surface area (TPSA) is 53.6 Å². The molecule has 0 spiro atoms. The Labute approximate surface area is 165 Å². The van der Waals surface area contributed by atoms with Gasteiger partial charge in [0, 0.05) is 30.1 Å². The average molecular weight is 394 g/mol. The van der Waals surface area contributed by atoms with Crippen LogP contribution in [-0.4, -0.2) is 15.2 Å². The summed E-state index contributed by atoms with van der Waals surface area (Å²) >= 11 is 1.07. The number of nitrogens with zero attached hydrogens (tertiary/aromatic N) is 2. The lowest BCUT2D eigenvalue weighted by Gasteiger charge is -2.08. The zero-order chi connectivity index (χ0) is 19.3. The molecule has 2 N–H and O–H groups in total. The van der Waals surface area contributed by atoms with Crippen molar-refractivity contribution < 1.29 is 8.78 Å². The van der Waals surface area contributed by atoms with Crippen LogP contribution in [0.2, 0.25) is 0 Å². The molecule has 7 heteroatoms. The van der Waals surface area contributed by atoms with Crippen LogP contribution in [0.1, 0.15) is 5.56 Å². The highest BCUT2D eigenvalue weighted by Crippen LogP contribution is 2.30. The van der Waals surface area contributed by atoms with Crippen LogP contribution in [0.25, 0.3) is 22.4 Å². The fourth-order valence-electron chi connectivity index (χ4n) is 2.85. The minimum atomic E-state index is -0.462. The number of hydrogen-bond acceptors (Lipinski definition) is 4. The van der Waals surface area contributed by atoms with E-state index in [0.717, 1.165) is 52.0 Å². The summed E-state index contributed by atoms with van der Waals surface area (Å²) in [6.45, 7) is 0.493. The van der Waals surface area contributed by atoms with Crippen molar-refractivity contribution in [1.82, 2.24) is 19.9 Å². The minimum Gasteiger partial charge on any atom is -0.277 e. The third-order valence-electron chi connectivity index (χ3n) is 4.20. The number of nitrogens with one attached hydrogen (secondary N) is 2. The Morgan fingerprint density at radius 1 is 0.964 bits per heavy atom. The summed E-state index contributed by atoms with van der Waals surface area (Å²) in [6, 6.07) is 15.2. The first-order valence-electron chi connectivity index (χ1n) is 8.58. The highest BCUT2D eigenvalue weighted by atomic mass is 32.2. The van der Waals surface area contributed by atoms with Gasteiger partial charge in [0.15, 0.2) is 0 Å². The number of H-pyrrole nitrogens is 1. The van der Waals surface area contributed by atoms with E-state index in [1.54, 1.807) is 18.6 Å². The lowest BCUT2D eigenvalue weighted by Crippen LogP contribution is -2.04. The Morgan fingerprint density at radius 3 is 2.68 bits per heavy atom. The van der Waals surface area contributed by atoms with Gasteiger partial charge in [0.25, 0.3) is 0 Å². The van der Waals surface area contributed by atoms with Crippen LogP contribution in [0.15, 0.2) is 78.1 Å². The van der Waals surface area contributed by atoms with Gasteiger partial charge in [-0.15, -0.1) is 0 Å². The molecule has 2 aromatic carbocycles. The first-order valence-corrected chi connectivity index (χ1v) is 9.40. The summed E-state index contributed by atoms with van der Waals surface area (Å²) in [4.78, 5) is 4.28. The maximum absolute atomic E-state index is 13.7. The molecule has 0 aliphatic heterocycles. The molecule has 2 heterocycles. The smallest absolute Gasteiger partial charge is 0.138 e. The number of pyridine rings is 1. The van der Waals surface area contributed by atoms with Gasteiger partial charge in [-0.1, -0.05) is 18.2 Å². The molecule has 0 saturated heterocycles. The van der Waals surface area contributed by atoms with Gasteiger partial charge in [0.2, 0.25) is 0 Å². The first kappa shape index (κ1) is 18.3. The number of halogens is 2. The molecule has 0 atom stereocenters. The predicted molar refractivity (Wildman–Crippen MR) is 106 cm³/mol. The summed E-state index contributed by atoms with van der Waals surface area (Å²) in [7, 11) is 0. The molecule has 2 aromatic heterocycles. The lowest BCUT2D eigenvalue weighted by molar-refractivity contribution is 0.576. The van der Waals surface area contributed by atoms with Crippen molar-refractivity contribution in [2.24, 2.45) is 0 Å². The van der Waals surface area contributed by atoms with E-state index in [1.807, 2.05) is 36.4 Å². The van der Waals surface area contributed by atoms with Crippen molar-refractivity contribution in [2.75, 3.05) is 0 Å². The molecular formula is C21H16F2N4S. The van der Waals surface area contributed by atoms with E-state index in [-0.39, 0.29) is 4.90 Å². The Bertz CT molecular complexity index is 1080. The second kappa shape index (κ2) is 8.33. The Morgan fingerprint density at radius 2 is 1.82 bits per heavy atom. The summed E-state index contributed by atoms with van der Waals surface area (Å²) in [5.74, 6) is -0.914. The van der Waals surface area contributed by atoms with Gasteiger partial charge in [0.05, 0.1) is 16.8 Å². The number of aromatic nitrogens is 3. The van der Waals surface area contributed by atoms with Crippen molar-refractivity contribution in [3.8, 4) is 22.4 Å². The molecule has 28 heavy (non-hydrogen) atoms. The molecule has 0 amide bonds. The summed E-state index contributed by atoms with van der Waals surface area (Å²) in [6.07, 6.45) is 5.28. The fraction of sp³-hybridized carbons (Fsp3) is 0.0476. The monoisotopic (exact) mass is 394 g/mol. The zero-order valence-corrected chi connectivity index (χ0v) is 15.5. The second-order valence-corrected chi connectivity index (χ2v) is 7.03. The second-order valence-electron chi connectivity index (χ2n) is 6.09. The first-order chi connectivity index (χ1) is 13.7. The third-order valence-corrected chi connectivity index (χ3v) is 5.02. The molecule has 0 aliphatic rings. The van der Waals surface area contributed by atoms with Crippen LogP contribution < -0.4 is 4.72 Å². The minimum absolute atomic E-state index is 0.227. The third kappa shape index (κ3) is 4.11. The van der Waals surface area contributed by atoms with Crippen LogP contribution in [0.5, 0.6) is 0 Å². The van der Waals surface area contributed by atoms with Crippen LogP contribution in [-0.2, 0) is 6.54 Å². The quantitative estimate of drug-likeness (QED) is 0.441. The van der Waals surface area contributed by atoms with Crippen molar-refractivity contribution in [3.05, 3.63) is 90.4 Å².